The predicted molar refractivity (Wildman–Crippen MR) is 79.8 cm³/mol. The van der Waals surface area contributed by atoms with Crippen molar-refractivity contribution >= 4 is 21.4 Å². The van der Waals surface area contributed by atoms with Gasteiger partial charge in [0.15, 0.2) is 0 Å². The van der Waals surface area contributed by atoms with E-state index in [1.807, 2.05) is 6.92 Å². The molecule has 1 heterocycles. The maximum Gasteiger partial charge on any atom is 0.271 e. The Morgan fingerprint density at radius 1 is 1.43 bits per heavy atom. The van der Waals surface area contributed by atoms with Crippen LogP contribution < -0.4 is 5.32 Å². The second-order valence-corrected chi connectivity index (χ2v) is 7.20. The second kappa shape index (κ2) is 5.98. The maximum absolute atomic E-state index is 12.7. The first-order chi connectivity index (χ1) is 9.86. The van der Waals surface area contributed by atoms with E-state index in [0.29, 0.717) is 19.0 Å². The number of hydrogen-bond acceptors (Lipinski definition) is 5. The Hall–Kier alpha value is -1.67. The number of rotatable bonds is 4. The van der Waals surface area contributed by atoms with E-state index in [1.54, 1.807) is 7.05 Å². The highest BCUT2D eigenvalue weighted by atomic mass is 32.2. The average molecular weight is 313 g/mol. The Labute approximate surface area is 124 Å². The van der Waals surface area contributed by atoms with E-state index in [2.05, 4.69) is 5.32 Å². The predicted octanol–water partition coefficient (Wildman–Crippen LogP) is 2.06. The molecule has 8 heteroatoms. The Kier molecular flexibility index (Phi) is 4.48. The van der Waals surface area contributed by atoms with Gasteiger partial charge in [0.05, 0.1) is 10.6 Å². The second-order valence-electron chi connectivity index (χ2n) is 5.30. The van der Waals surface area contributed by atoms with Gasteiger partial charge in [-0.3, -0.25) is 10.1 Å². The summed E-state index contributed by atoms with van der Waals surface area (Å²) < 4.78 is 26.9. The molecule has 1 atom stereocenters. The lowest BCUT2D eigenvalue weighted by molar-refractivity contribution is -0.384. The lowest BCUT2D eigenvalue weighted by atomic mass is 10.0. The number of nitro benzene ring substituents is 1. The van der Waals surface area contributed by atoms with E-state index in [9.17, 15) is 18.5 Å². The first-order valence-corrected chi connectivity index (χ1v) is 8.26. The lowest BCUT2D eigenvalue weighted by Crippen LogP contribution is -2.39. The van der Waals surface area contributed by atoms with Gasteiger partial charge in [-0.2, -0.15) is 4.31 Å². The van der Waals surface area contributed by atoms with Gasteiger partial charge in [-0.25, -0.2) is 8.42 Å². The highest BCUT2D eigenvalue weighted by molar-refractivity contribution is 7.89. The molecule has 21 heavy (non-hydrogen) atoms. The number of anilines is 1. The molecule has 0 aliphatic carbocycles. The summed E-state index contributed by atoms with van der Waals surface area (Å²) in [4.78, 5) is 10.3. The molecule has 0 amide bonds. The van der Waals surface area contributed by atoms with E-state index in [0.717, 1.165) is 12.8 Å². The third-order valence-electron chi connectivity index (χ3n) is 3.68. The highest BCUT2D eigenvalue weighted by Crippen LogP contribution is 2.30. The Morgan fingerprint density at radius 2 is 2.14 bits per heavy atom. The number of non-ortho nitro benzene ring substituents is 1. The van der Waals surface area contributed by atoms with Crippen LogP contribution >= 0.6 is 0 Å². The molecular formula is C13H19N3O4S. The van der Waals surface area contributed by atoms with Gasteiger partial charge in [0.2, 0.25) is 10.0 Å². The number of nitro groups is 1. The summed E-state index contributed by atoms with van der Waals surface area (Å²) in [5.74, 6) is 0.324. The topological polar surface area (TPSA) is 92.5 Å². The summed E-state index contributed by atoms with van der Waals surface area (Å²) in [5.41, 5.74) is 0.118. The van der Waals surface area contributed by atoms with Crippen molar-refractivity contribution in [1.82, 2.24) is 4.31 Å². The molecular weight excluding hydrogens is 294 g/mol. The van der Waals surface area contributed by atoms with Crippen molar-refractivity contribution in [2.24, 2.45) is 5.92 Å². The standard InChI is InChI=1S/C13H19N3O4S/c1-10-4-3-7-15(9-10)21(19,20)13-6-5-11(16(17)18)8-12(13)14-2/h5-6,8,10,14H,3-4,7,9H2,1-2H3. The molecule has 1 aromatic carbocycles. The minimum Gasteiger partial charge on any atom is -0.387 e. The van der Waals surface area contributed by atoms with Gasteiger partial charge in [-0.15, -0.1) is 0 Å². The van der Waals surface area contributed by atoms with Crippen molar-refractivity contribution in [3.05, 3.63) is 28.3 Å². The molecule has 1 aliphatic heterocycles. The van der Waals surface area contributed by atoms with Crippen molar-refractivity contribution in [3.8, 4) is 0 Å². The highest BCUT2D eigenvalue weighted by Gasteiger charge is 2.31. The van der Waals surface area contributed by atoms with Gasteiger partial charge in [0, 0.05) is 32.3 Å². The molecule has 1 saturated heterocycles. The number of sulfonamides is 1. The van der Waals surface area contributed by atoms with Crippen LogP contribution in [-0.4, -0.2) is 37.8 Å². The van der Waals surface area contributed by atoms with Crippen LogP contribution in [0.4, 0.5) is 11.4 Å². The fraction of sp³-hybridized carbons (Fsp3) is 0.538. The van der Waals surface area contributed by atoms with Crippen LogP contribution in [0.2, 0.25) is 0 Å². The summed E-state index contributed by atoms with van der Waals surface area (Å²) in [7, 11) is -2.08. The number of nitrogens with one attached hydrogen (secondary N) is 1. The van der Waals surface area contributed by atoms with E-state index in [-0.39, 0.29) is 16.3 Å². The van der Waals surface area contributed by atoms with E-state index < -0.39 is 14.9 Å². The molecule has 0 bridgehead atoms. The molecule has 0 spiro atoms. The zero-order valence-corrected chi connectivity index (χ0v) is 12.9. The maximum atomic E-state index is 12.7. The number of piperidine rings is 1. The Bertz CT molecular complexity index is 645. The lowest BCUT2D eigenvalue weighted by Gasteiger charge is -2.30. The van der Waals surface area contributed by atoms with Crippen molar-refractivity contribution in [3.63, 3.8) is 0 Å². The van der Waals surface area contributed by atoms with Crippen LogP contribution in [0.5, 0.6) is 0 Å². The molecule has 1 N–H and O–H groups in total. The molecule has 0 radical (unpaired) electrons. The summed E-state index contributed by atoms with van der Waals surface area (Å²) >= 11 is 0. The average Bonchev–Trinajstić information content (AvgIpc) is 2.46. The van der Waals surface area contributed by atoms with Gasteiger partial charge in [-0.1, -0.05) is 6.92 Å². The molecule has 1 unspecified atom stereocenters. The van der Waals surface area contributed by atoms with Crippen molar-refractivity contribution in [2.45, 2.75) is 24.7 Å². The smallest absolute Gasteiger partial charge is 0.271 e. The number of hydrogen-bond donors (Lipinski definition) is 1. The van der Waals surface area contributed by atoms with Crippen molar-refractivity contribution < 1.29 is 13.3 Å². The molecule has 1 aromatic rings. The van der Waals surface area contributed by atoms with Crippen LogP contribution in [0.1, 0.15) is 19.8 Å². The molecule has 1 aliphatic rings. The first kappa shape index (κ1) is 15.7. The van der Waals surface area contributed by atoms with Crippen LogP contribution in [0.15, 0.2) is 23.1 Å². The minimum absolute atomic E-state index is 0.0877. The van der Waals surface area contributed by atoms with Crippen LogP contribution in [0.25, 0.3) is 0 Å². The van der Waals surface area contributed by atoms with Crippen LogP contribution in [0.3, 0.4) is 0 Å². The molecule has 0 aromatic heterocycles. The summed E-state index contributed by atoms with van der Waals surface area (Å²) in [6.07, 6.45) is 1.85. The van der Waals surface area contributed by atoms with Crippen LogP contribution in [-0.2, 0) is 10.0 Å². The zero-order chi connectivity index (χ0) is 15.6. The minimum atomic E-state index is -3.63. The Balaban J connectivity index is 2.42. The fourth-order valence-corrected chi connectivity index (χ4v) is 4.33. The van der Waals surface area contributed by atoms with Gasteiger partial charge < -0.3 is 5.32 Å². The first-order valence-electron chi connectivity index (χ1n) is 6.82. The third kappa shape index (κ3) is 3.16. The molecule has 2 rings (SSSR count). The van der Waals surface area contributed by atoms with Gasteiger partial charge >= 0.3 is 0 Å². The molecule has 0 saturated carbocycles. The molecule has 7 nitrogen and oxygen atoms in total. The van der Waals surface area contributed by atoms with E-state index in [1.165, 1.54) is 22.5 Å². The molecule has 116 valence electrons. The normalized spacial score (nSPS) is 20.2. The largest absolute Gasteiger partial charge is 0.387 e. The monoisotopic (exact) mass is 313 g/mol. The van der Waals surface area contributed by atoms with Crippen molar-refractivity contribution in [2.75, 3.05) is 25.5 Å². The number of nitrogens with zero attached hydrogens (tertiary/aromatic N) is 2. The van der Waals surface area contributed by atoms with Crippen molar-refractivity contribution in [1.29, 1.82) is 0 Å². The number of benzene rings is 1. The SMILES string of the molecule is CNc1cc([N+](=O)[O-])ccc1S(=O)(=O)N1CCCC(C)C1. The van der Waals surface area contributed by atoms with Gasteiger partial charge in [-0.05, 0) is 24.8 Å². The van der Waals surface area contributed by atoms with E-state index in [4.69, 9.17) is 0 Å². The van der Waals surface area contributed by atoms with Gasteiger partial charge in [0.1, 0.15) is 4.90 Å². The summed E-state index contributed by atoms with van der Waals surface area (Å²) in [6, 6.07) is 3.78. The fourth-order valence-electron chi connectivity index (χ4n) is 2.56. The quantitative estimate of drug-likeness (QED) is 0.678. The summed E-state index contributed by atoms with van der Waals surface area (Å²) in [5, 5.41) is 13.5. The summed E-state index contributed by atoms with van der Waals surface area (Å²) in [6.45, 7) is 3.01. The van der Waals surface area contributed by atoms with Crippen LogP contribution in [0, 0.1) is 16.0 Å². The third-order valence-corrected chi connectivity index (χ3v) is 5.60. The Morgan fingerprint density at radius 3 is 2.71 bits per heavy atom. The van der Waals surface area contributed by atoms with E-state index >= 15 is 0 Å². The van der Waals surface area contributed by atoms with Gasteiger partial charge in [0.25, 0.3) is 5.69 Å². The zero-order valence-electron chi connectivity index (χ0n) is 12.1. The molecule has 1 fully saturated rings.